The second-order valence-corrected chi connectivity index (χ2v) is 8.12. The number of aryl methyl sites for hydroxylation is 5. The number of fused-ring (bicyclic) bond motifs is 3. The van der Waals surface area contributed by atoms with E-state index in [-0.39, 0.29) is 0 Å². The molecular weight excluding hydrogens is 304 g/mol. The average Bonchev–Trinajstić information content (AvgIpc) is 2.75. The van der Waals surface area contributed by atoms with Crippen LogP contribution >= 0.6 is 0 Å². The van der Waals surface area contributed by atoms with E-state index in [0.29, 0.717) is 6.17 Å². The van der Waals surface area contributed by atoms with Crippen LogP contribution in [0, 0.1) is 34.6 Å². The van der Waals surface area contributed by atoms with Crippen LogP contribution in [0.1, 0.15) is 46.2 Å². The number of benzene rings is 2. The molecule has 2 aliphatic heterocycles. The lowest BCUT2D eigenvalue weighted by Crippen LogP contribution is -2.46. The predicted molar refractivity (Wildman–Crippen MR) is 108 cm³/mol. The standard InChI is InChI=1S/C23H30N2/c1-15-10-17(3)22(18(4)11-15)24-8-6-7-9-25-21(24)14-20-13-16(2)12-19(5)23(20)25/h10-13,21H,6-9,14H2,1-5H3. The van der Waals surface area contributed by atoms with Gasteiger partial charge in [-0.15, -0.1) is 0 Å². The number of anilines is 2. The summed E-state index contributed by atoms with van der Waals surface area (Å²) in [6, 6.07) is 9.44. The van der Waals surface area contributed by atoms with E-state index in [1.54, 1.807) is 0 Å². The van der Waals surface area contributed by atoms with Crippen LogP contribution in [0.5, 0.6) is 0 Å². The van der Waals surface area contributed by atoms with Gasteiger partial charge in [-0.05, 0) is 69.7 Å². The van der Waals surface area contributed by atoms with Crippen molar-refractivity contribution in [1.82, 2.24) is 0 Å². The Morgan fingerprint density at radius 2 is 1.16 bits per heavy atom. The first kappa shape index (κ1) is 16.5. The summed E-state index contributed by atoms with van der Waals surface area (Å²) in [6.45, 7) is 13.6. The summed E-state index contributed by atoms with van der Waals surface area (Å²) in [5.74, 6) is 0. The Hall–Kier alpha value is -1.96. The van der Waals surface area contributed by atoms with E-state index in [1.165, 1.54) is 64.1 Å². The van der Waals surface area contributed by atoms with Crippen molar-refractivity contribution >= 4 is 11.4 Å². The molecule has 0 aromatic heterocycles. The van der Waals surface area contributed by atoms with Gasteiger partial charge in [-0.1, -0.05) is 35.4 Å². The lowest BCUT2D eigenvalue weighted by molar-refractivity contribution is 0.613. The highest BCUT2D eigenvalue weighted by Gasteiger charge is 2.36. The van der Waals surface area contributed by atoms with Crippen LogP contribution in [0.15, 0.2) is 24.3 Å². The molecule has 132 valence electrons. The molecule has 0 saturated carbocycles. The van der Waals surface area contributed by atoms with E-state index < -0.39 is 0 Å². The molecule has 2 heteroatoms. The van der Waals surface area contributed by atoms with Crippen LogP contribution in [0.2, 0.25) is 0 Å². The molecule has 1 atom stereocenters. The van der Waals surface area contributed by atoms with Gasteiger partial charge < -0.3 is 9.80 Å². The van der Waals surface area contributed by atoms with E-state index in [2.05, 4.69) is 68.7 Å². The molecule has 1 saturated heterocycles. The largest absolute Gasteiger partial charge is 0.350 e. The first-order valence-electron chi connectivity index (χ1n) is 9.67. The maximum atomic E-state index is 2.70. The highest BCUT2D eigenvalue weighted by molar-refractivity contribution is 5.70. The van der Waals surface area contributed by atoms with Crippen molar-refractivity contribution in [3.05, 3.63) is 57.6 Å². The molecule has 0 spiro atoms. The van der Waals surface area contributed by atoms with Crippen molar-refractivity contribution in [2.24, 2.45) is 0 Å². The van der Waals surface area contributed by atoms with Gasteiger partial charge in [0.1, 0.15) is 6.17 Å². The molecule has 0 N–H and O–H groups in total. The molecule has 4 rings (SSSR count). The number of hydrogen-bond acceptors (Lipinski definition) is 2. The Kier molecular flexibility index (Phi) is 4.02. The van der Waals surface area contributed by atoms with E-state index >= 15 is 0 Å². The van der Waals surface area contributed by atoms with Gasteiger partial charge in [0.25, 0.3) is 0 Å². The van der Waals surface area contributed by atoms with Gasteiger partial charge in [0.05, 0.1) is 0 Å². The summed E-state index contributed by atoms with van der Waals surface area (Å²) in [7, 11) is 0. The lowest BCUT2D eigenvalue weighted by Gasteiger charge is -2.38. The van der Waals surface area contributed by atoms with Gasteiger partial charge in [-0.25, -0.2) is 0 Å². The van der Waals surface area contributed by atoms with E-state index in [9.17, 15) is 0 Å². The van der Waals surface area contributed by atoms with Crippen molar-refractivity contribution in [2.45, 2.75) is 60.0 Å². The molecule has 1 fully saturated rings. The first-order valence-corrected chi connectivity index (χ1v) is 9.67. The Morgan fingerprint density at radius 3 is 1.76 bits per heavy atom. The molecule has 0 aliphatic carbocycles. The van der Waals surface area contributed by atoms with Crippen LogP contribution < -0.4 is 9.80 Å². The predicted octanol–water partition coefficient (Wildman–Crippen LogP) is 5.22. The third-order valence-corrected chi connectivity index (χ3v) is 5.90. The monoisotopic (exact) mass is 334 g/mol. The molecule has 2 aliphatic rings. The normalized spacial score (nSPS) is 19.6. The van der Waals surface area contributed by atoms with Crippen molar-refractivity contribution in [2.75, 3.05) is 22.9 Å². The maximum absolute atomic E-state index is 2.70. The molecule has 2 aromatic carbocycles. The van der Waals surface area contributed by atoms with Crippen molar-refractivity contribution in [1.29, 1.82) is 0 Å². The van der Waals surface area contributed by atoms with Gasteiger partial charge in [0, 0.05) is 30.9 Å². The van der Waals surface area contributed by atoms with Crippen LogP contribution in [-0.4, -0.2) is 19.3 Å². The van der Waals surface area contributed by atoms with Crippen molar-refractivity contribution < 1.29 is 0 Å². The molecule has 1 unspecified atom stereocenters. The minimum atomic E-state index is 0.470. The number of hydrogen-bond donors (Lipinski definition) is 0. The van der Waals surface area contributed by atoms with Crippen LogP contribution in [0.4, 0.5) is 11.4 Å². The summed E-state index contributed by atoms with van der Waals surface area (Å²) >= 11 is 0. The van der Waals surface area contributed by atoms with Crippen LogP contribution in [-0.2, 0) is 6.42 Å². The van der Waals surface area contributed by atoms with Gasteiger partial charge in [-0.2, -0.15) is 0 Å². The van der Waals surface area contributed by atoms with Gasteiger partial charge >= 0.3 is 0 Å². The maximum Gasteiger partial charge on any atom is 0.106 e. The highest BCUT2D eigenvalue weighted by Crippen LogP contribution is 2.41. The zero-order valence-electron chi connectivity index (χ0n) is 16.3. The molecular formula is C23H30N2. The third-order valence-electron chi connectivity index (χ3n) is 5.90. The summed E-state index contributed by atoms with van der Waals surface area (Å²) in [4.78, 5) is 5.39. The molecule has 25 heavy (non-hydrogen) atoms. The van der Waals surface area contributed by atoms with Crippen molar-refractivity contribution in [3.8, 4) is 0 Å². The second-order valence-electron chi connectivity index (χ2n) is 8.12. The SMILES string of the molecule is Cc1cc(C)c(N2CCCCN3c4c(C)cc(C)cc4CC23)c(C)c1. The fraction of sp³-hybridized carbons (Fsp3) is 0.478. The Labute approximate surface area is 152 Å². The topological polar surface area (TPSA) is 6.48 Å². The molecule has 0 amide bonds. The highest BCUT2D eigenvalue weighted by atomic mass is 15.4. The Bertz CT molecular complexity index is 798. The fourth-order valence-electron chi connectivity index (χ4n) is 5.21. The summed E-state index contributed by atoms with van der Waals surface area (Å²) in [5.41, 5.74) is 11.5. The van der Waals surface area contributed by atoms with Crippen LogP contribution in [0.3, 0.4) is 0 Å². The second kappa shape index (κ2) is 6.09. The first-order chi connectivity index (χ1) is 12.0. The fourth-order valence-corrected chi connectivity index (χ4v) is 5.21. The molecule has 2 heterocycles. The van der Waals surface area contributed by atoms with E-state index in [1.807, 2.05) is 0 Å². The number of nitrogens with zero attached hydrogens (tertiary/aromatic N) is 2. The molecule has 0 bridgehead atoms. The number of rotatable bonds is 1. The van der Waals surface area contributed by atoms with Gasteiger partial charge in [0.2, 0.25) is 0 Å². The Morgan fingerprint density at radius 1 is 0.680 bits per heavy atom. The minimum absolute atomic E-state index is 0.470. The van der Waals surface area contributed by atoms with Crippen molar-refractivity contribution in [3.63, 3.8) is 0 Å². The third kappa shape index (κ3) is 2.72. The smallest absolute Gasteiger partial charge is 0.106 e. The molecule has 0 radical (unpaired) electrons. The minimum Gasteiger partial charge on any atom is -0.350 e. The van der Waals surface area contributed by atoms with Gasteiger partial charge in [0.15, 0.2) is 0 Å². The zero-order valence-corrected chi connectivity index (χ0v) is 16.3. The van der Waals surface area contributed by atoms with E-state index in [4.69, 9.17) is 0 Å². The zero-order chi connectivity index (χ0) is 17.7. The van der Waals surface area contributed by atoms with Gasteiger partial charge in [-0.3, -0.25) is 0 Å². The summed E-state index contributed by atoms with van der Waals surface area (Å²) in [5, 5.41) is 0. The molecule has 2 aromatic rings. The molecule has 2 nitrogen and oxygen atoms in total. The Balaban J connectivity index is 1.81. The average molecular weight is 335 g/mol. The summed E-state index contributed by atoms with van der Waals surface area (Å²) in [6.07, 6.45) is 4.17. The summed E-state index contributed by atoms with van der Waals surface area (Å²) < 4.78 is 0. The quantitative estimate of drug-likeness (QED) is 0.705. The van der Waals surface area contributed by atoms with Crippen LogP contribution in [0.25, 0.3) is 0 Å². The lowest BCUT2D eigenvalue weighted by atomic mass is 10.0. The van der Waals surface area contributed by atoms with E-state index in [0.717, 1.165) is 13.0 Å².